The highest BCUT2D eigenvalue weighted by atomic mass is 32.2. The van der Waals surface area contributed by atoms with Crippen molar-refractivity contribution >= 4 is 9.84 Å². The zero-order chi connectivity index (χ0) is 13.2. The third-order valence-electron chi connectivity index (χ3n) is 3.45. The first-order chi connectivity index (χ1) is 8.45. The SMILES string of the molecule is CS(=O)(=O)c1ccc(OC2(CCN)CCC2)cc1. The van der Waals surface area contributed by atoms with Crippen molar-refractivity contribution in [1.82, 2.24) is 0 Å². The van der Waals surface area contributed by atoms with Crippen LogP contribution in [0.2, 0.25) is 0 Å². The van der Waals surface area contributed by atoms with Crippen molar-refractivity contribution in [1.29, 1.82) is 0 Å². The molecular weight excluding hydrogens is 250 g/mol. The maximum absolute atomic E-state index is 11.3. The van der Waals surface area contributed by atoms with Gasteiger partial charge < -0.3 is 10.5 Å². The second kappa shape index (κ2) is 4.90. The molecule has 1 fully saturated rings. The van der Waals surface area contributed by atoms with E-state index in [1.165, 1.54) is 12.7 Å². The fourth-order valence-corrected chi connectivity index (χ4v) is 2.87. The molecule has 0 spiro atoms. The first kappa shape index (κ1) is 13.4. The summed E-state index contributed by atoms with van der Waals surface area (Å²) in [6, 6.07) is 6.60. The van der Waals surface area contributed by atoms with Gasteiger partial charge in [-0.3, -0.25) is 0 Å². The molecule has 0 amide bonds. The van der Waals surface area contributed by atoms with E-state index >= 15 is 0 Å². The molecule has 0 bridgehead atoms. The average Bonchev–Trinajstić information content (AvgIpc) is 2.26. The Morgan fingerprint density at radius 3 is 2.28 bits per heavy atom. The summed E-state index contributed by atoms with van der Waals surface area (Å²) in [6.07, 6.45) is 5.27. The van der Waals surface area contributed by atoms with Gasteiger partial charge in [-0.2, -0.15) is 0 Å². The van der Waals surface area contributed by atoms with E-state index in [0.29, 0.717) is 11.4 Å². The Hall–Kier alpha value is -1.07. The third-order valence-corrected chi connectivity index (χ3v) is 4.58. The number of hydrogen-bond acceptors (Lipinski definition) is 4. The summed E-state index contributed by atoms with van der Waals surface area (Å²) in [5.41, 5.74) is 5.48. The van der Waals surface area contributed by atoms with Gasteiger partial charge in [-0.1, -0.05) is 0 Å². The summed E-state index contributed by atoms with van der Waals surface area (Å²) in [5.74, 6) is 0.718. The molecule has 1 aliphatic carbocycles. The standard InChI is InChI=1S/C13H19NO3S/c1-18(15,16)12-5-3-11(4-6-12)17-13(9-10-14)7-2-8-13/h3-6H,2,7-10,14H2,1H3. The minimum absolute atomic E-state index is 0.124. The summed E-state index contributed by atoms with van der Waals surface area (Å²) in [4.78, 5) is 0.316. The van der Waals surface area contributed by atoms with Gasteiger partial charge in [0, 0.05) is 6.26 Å². The average molecular weight is 269 g/mol. The molecule has 2 N–H and O–H groups in total. The molecular formula is C13H19NO3S. The van der Waals surface area contributed by atoms with Gasteiger partial charge in [0.2, 0.25) is 0 Å². The fraction of sp³-hybridized carbons (Fsp3) is 0.538. The summed E-state index contributed by atoms with van der Waals surface area (Å²) in [5, 5.41) is 0. The lowest BCUT2D eigenvalue weighted by molar-refractivity contribution is -0.0125. The molecule has 18 heavy (non-hydrogen) atoms. The van der Waals surface area contributed by atoms with Crippen LogP contribution in [0.3, 0.4) is 0 Å². The number of hydrogen-bond donors (Lipinski definition) is 1. The molecule has 1 saturated carbocycles. The Bertz CT molecular complexity index is 504. The quantitative estimate of drug-likeness (QED) is 0.884. The lowest BCUT2D eigenvalue weighted by atomic mass is 9.77. The predicted octanol–water partition coefficient (Wildman–Crippen LogP) is 1.74. The van der Waals surface area contributed by atoms with E-state index in [0.717, 1.165) is 25.0 Å². The summed E-state index contributed by atoms with van der Waals surface area (Å²) < 4.78 is 28.7. The largest absolute Gasteiger partial charge is 0.487 e. The first-order valence-electron chi connectivity index (χ1n) is 6.14. The molecule has 0 aliphatic heterocycles. The minimum Gasteiger partial charge on any atom is -0.487 e. The van der Waals surface area contributed by atoms with Gasteiger partial charge in [0.15, 0.2) is 9.84 Å². The van der Waals surface area contributed by atoms with E-state index in [-0.39, 0.29) is 5.60 Å². The Morgan fingerprint density at radius 1 is 1.28 bits per heavy atom. The van der Waals surface area contributed by atoms with Gasteiger partial charge in [-0.15, -0.1) is 0 Å². The normalized spacial score (nSPS) is 18.1. The Labute approximate surface area is 108 Å². The van der Waals surface area contributed by atoms with E-state index in [9.17, 15) is 8.42 Å². The van der Waals surface area contributed by atoms with Gasteiger partial charge in [-0.25, -0.2) is 8.42 Å². The molecule has 4 nitrogen and oxygen atoms in total. The summed E-state index contributed by atoms with van der Waals surface area (Å²) in [6.45, 7) is 0.613. The first-order valence-corrected chi connectivity index (χ1v) is 8.04. The van der Waals surface area contributed by atoms with Crippen LogP contribution >= 0.6 is 0 Å². The maximum atomic E-state index is 11.3. The topological polar surface area (TPSA) is 69.4 Å². The molecule has 0 unspecified atom stereocenters. The van der Waals surface area contributed by atoms with Gasteiger partial charge in [0.1, 0.15) is 11.4 Å². The van der Waals surface area contributed by atoms with Crippen LogP contribution < -0.4 is 10.5 Å². The van der Waals surface area contributed by atoms with Crippen molar-refractivity contribution in [3.05, 3.63) is 24.3 Å². The van der Waals surface area contributed by atoms with Crippen molar-refractivity contribution in [2.75, 3.05) is 12.8 Å². The van der Waals surface area contributed by atoms with Crippen molar-refractivity contribution in [3.63, 3.8) is 0 Å². The van der Waals surface area contributed by atoms with Crippen molar-refractivity contribution in [2.24, 2.45) is 5.73 Å². The molecule has 0 heterocycles. The molecule has 0 aromatic heterocycles. The monoisotopic (exact) mass is 269 g/mol. The molecule has 2 rings (SSSR count). The zero-order valence-electron chi connectivity index (χ0n) is 10.6. The number of nitrogens with two attached hydrogens (primary N) is 1. The molecule has 0 atom stereocenters. The lowest BCUT2D eigenvalue weighted by Gasteiger charge is -2.41. The van der Waals surface area contributed by atoms with Crippen LogP contribution in [0.1, 0.15) is 25.7 Å². The van der Waals surface area contributed by atoms with Crippen molar-refractivity contribution in [3.8, 4) is 5.75 Å². The van der Waals surface area contributed by atoms with E-state index in [1.807, 2.05) is 0 Å². The smallest absolute Gasteiger partial charge is 0.175 e. The van der Waals surface area contributed by atoms with Crippen LogP contribution in [0.25, 0.3) is 0 Å². The highest BCUT2D eigenvalue weighted by molar-refractivity contribution is 7.90. The summed E-state index contributed by atoms with van der Waals surface area (Å²) in [7, 11) is -3.14. The number of benzene rings is 1. The zero-order valence-corrected chi connectivity index (χ0v) is 11.4. The number of rotatable bonds is 5. The van der Waals surface area contributed by atoms with Gasteiger partial charge >= 0.3 is 0 Å². The fourth-order valence-electron chi connectivity index (χ4n) is 2.24. The van der Waals surface area contributed by atoms with E-state index < -0.39 is 9.84 Å². The Morgan fingerprint density at radius 2 is 1.89 bits per heavy atom. The molecule has 100 valence electrons. The Kier molecular flexibility index (Phi) is 3.64. The molecule has 0 radical (unpaired) electrons. The van der Waals surface area contributed by atoms with Crippen LogP contribution in [0.4, 0.5) is 0 Å². The number of sulfone groups is 1. The van der Waals surface area contributed by atoms with E-state index in [2.05, 4.69) is 0 Å². The highest BCUT2D eigenvalue weighted by Gasteiger charge is 2.38. The minimum atomic E-state index is -3.14. The second-order valence-corrected chi connectivity index (χ2v) is 6.94. The van der Waals surface area contributed by atoms with Crippen LogP contribution in [-0.2, 0) is 9.84 Å². The van der Waals surface area contributed by atoms with Crippen LogP contribution in [0.15, 0.2) is 29.2 Å². The highest BCUT2D eigenvalue weighted by Crippen LogP contribution is 2.39. The van der Waals surface area contributed by atoms with Gasteiger partial charge in [0.05, 0.1) is 4.90 Å². The number of ether oxygens (including phenoxy) is 1. The van der Waals surface area contributed by atoms with Gasteiger partial charge in [-0.05, 0) is 56.5 Å². The Balaban J connectivity index is 2.11. The van der Waals surface area contributed by atoms with Crippen LogP contribution in [0.5, 0.6) is 5.75 Å². The van der Waals surface area contributed by atoms with Crippen molar-refractivity contribution in [2.45, 2.75) is 36.2 Å². The summed E-state index contributed by atoms with van der Waals surface area (Å²) >= 11 is 0. The molecule has 1 aliphatic rings. The van der Waals surface area contributed by atoms with E-state index in [4.69, 9.17) is 10.5 Å². The lowest BCUT2D eigenvalue weighted by Crippen LogP contribution is -2.44. The van der Waals surface area contributed by atoms with Crippen LogP contribution in [0, 0.1) is 0 Å². The van der Waals surface area contributed by atoms with Gasteiger partial charge in [0.25, 0.3) is 0 Å². The molecule has 0 saturated heterocycles. The molecule has 1 aromatic carbocycles. The van der Waals surface area contributed by atoms with Crippen LogP contribution in [-0.4, -0.2) is 26.8 Å². The molecule has 5 heteroatoms. The van der Waals surface area contributed by atoms with E-state index in [1.54, 1.807) is 24.3 Å². The maximum Gasteiger partial charge on any atom is 0.175 e. The second-order valence-electron chi connectivity index (χ2n) is 4.92. The third kappa shape index (κ3) is 2.84. The molecule has 1 aromatic rings. The predicted molar refractivity (Wildman–Crippen MR) is 70.4 cm³/mol. The van der Waals surface area contributed by atoms with Crippen molar-refractivity contribution < 1.29 is 13.2 Å².